The molecule has 0 saturated carbocycles. The van der Waals surface area contributed by atoms with Crippen LogP contribution in [0.15, 0.2) is 42.0 Å². The maximum absolute atomic E-state index is 9.06. The van der Waals surface area contributed by atoms with Gasteiger partial charge in [0.05, 0.1) is 11.6 Å². The quantitative estimate of drug-likeness (QED) is 0.718. The largest absolute Gasteiger partial charge is 0.265 e. The third-order valence-corrected chi connectivity index (χ3v) is 2.58. The van der Waals surface area contributed by atoms with Crippen molar-refractivity contribution in [1.82, 2.24) is 0 Å². The van der Waals surface area contributed by atoms with Crippen molar-refractivity contribution >= 4 is 11.8 Å². The lowest BCUT2D eigenvalue weighted by molar-refractivity contribution is 1.13. The van der Waals surface area contributed by atoms with Gasteiger partial charge in [-0.25, -0.2) is 0 Å². The molecule has 0 amide bonds. The second-order valence-electron chi connectivity index (χ2n) is 3.67. The van der Waals surface area contributed by atoms with Crippen LogP contribution in [-0.2, 0) is 6.42 Å². The molecule has 0 aliphatic rings. The van der Waals surface area contributed by atoms with Crippen LogP contribution in [0, 0.1) is 11.3 Å². The van der Waals surface area contributed by atoms with Crippen molar-refractivity contribution in [2.45, 2.75) is 20.3 Å². The van der Waals surface area contributed by atoms with Gasteiger partial charge >= 0.3 is 0 Å². The summed E-state index contributed by atoms with van der Waals surface area (Å²) < 4.78 is 0. The number of aliphatic imine (C=N–C) groups is 1. The molecule has 17 heavy (non-hydrogen) atoms. The molecule has 1 rings (SSSR count). The molecule has 0 unspecified atom stereocenters. The topological polar surface area (TPSA) is 36.1 Å². The Morgan fingerprint density at radius 1 is 1.53 bits per heavy atom. The predicted molar refractivity (Wildman–Crippen MR) is 72.9 cm³/mol. The Morgan fingerprint density at radius 3 is 2.88 bits per heavy atom. The van der Waals surface area contributed by atoms with E-state index < -0.39 is 0 Å². The second-order valence-corrected chi connectivity index (χ2v) is 3.67. The molecule has 0 saturated heterocycles. The van der Waals surface area contributed by atoms with Crippen LogP contribution in [0.25, 0.3) is 5.57 Å². The predicted octanol–water partition coefficient (Wildman–Crippen LogP) is 3.74. The zero-order chi connectivity index (χ0) is 12.7. The van der Waals surface area contributed by atoms with E-state index in [2.05, 4.69) is 24.6 Å². The Kier molecular flexibility index (Phi) is 4.90. The highest BCUT2D eigenvalue weighted by Gasteiger charge is 2.02. The minimum Gasteiger partial charge on any atom is -0.265 e. The molecule has 0 aromatic heterocycles. The Bertz CT molecular complexity index is 502. The van der Waals surface area contributed by atoms with E-state index in [1.165, 1.54) is 6.20 Å². The molecule has 0 fully saturated rings. The van der Waals surface area contributed by atoms with E-state index >= 15 is 0 Å². The molecule has 2 nitrogen and oxygen atoms in total. The maximum Gasteiger partial charge on any atom is 0.0994 e. The van der Waals surface area contributed by atoms with Gasteiger partial charge in [-0.05, 0) is 42.2 Å². The lowest BCUT2D eigenvalue weighted by Gasteiger charge is -2.05. The Morgan fingerprint density at radius 2 is 2.29 bits per heavy atom. The van der Waals surface area contributed by atoms with Gasteiger partial charge in [0.2, 0.25) is 0 Å². The van der Waals surface area contributed by atoms with Crippen LogP contribution in [0.2, 0.25) is 0 Å². The molecule has 2 heteroatoms. The van der Waals surface area contributed by atoms with Crippen LogP contribution in [0.1, 0.15) is 30.5 Å². The zero-order valence-corrected chi connectivity index (χ0v) is 10.3. The SMILES string of the molecule is C=C/N=C\C=C(/C)c1ccc(CC)c(C#N)c1. The van der Waals surface area contributed by atoms with E-state index in [0.29, 0.717) is 0 Å². The van der Waals surface area contributed by atoms with Crippen LogP contribution in [-0.4, -0.2) is 6.21 Å². The number of benzene rings is 1. The Hall–Kier alpha value is -2.14. The lowest BCUT2D eigenvalue weighted by atomic mass is 9.99. The fourth-order valence-corrected chi connectivity index (χ4v) is 1.55. The third-order valence-electron chi connectivity index (χ3n) is 2.58. The first kappa shape index (κ1) is 12.9. The highest BCUT2D eigenvalue weighted by molar-refractivity contribution is 5.84. The van der Waals surface area contributed by atoms with Gasteiger partial charge in [-0.1, -0.05) is 25.6 Å². The fraction of sp³-hybridized carbons (Fsp3) is 0.200. The van der Waals surface area contributed by atoms with Gasteiger partial charge in [0.1, 0.15) is 0 Å². The van der Waals surface area contributed by atoms with Crippen molar-refractivity contribution in [1.29, 1.82) is 5.26 Å². The molecule has 0 heterocycles. The van der Waals surface area contributed by atoms with Crippen LogP contribution >= 0.6 is 0 Å². The van der Waals surface area contributed by atoms with Crippen molar-refractivity contribution < 1.29 is 0 Å². The zero-order valence-electron chi connectivity index (χ0n) is 10.3. The highest BCUT2D eigenvalue weighted by atomic mass is 14.6. The summed E-state index contributed by atoms with van der Waals surface area (Å²) in [6.07, 6.45) is 5.97. The van der Waals surface area contributed by atoms with Crippen LogP contribution < -0.4 is 0 Å². The van der Waals surface area contributed by atoms with Gasteiger partial charge in [-0.15, -0.1) is 0 Å². The van der Waals surface area contributed by atoms with E-state index in [1.54, 1.807) is 6.21 Å². The fourth-order valence-electron chi connectivity index (χ4n) is 1.55. The molecule has 0 spiro atoms. The summed E-state index contributed by atoms with van der Waals surface area (Å²) in [5, 5.41) is 9.06. The first-order valence-corrected chi connectivity index (χ1v) is 5.57. The van der Waals surface area contributed by atoms with Crippen LogP contribution in [0.5, 0.6) is 0 Å². The summed E-state index contributed by atoms with van der Waals surface area (Å²) in [6.45, 7) is 7.56. The van der Waals surface area contributed by atoms with Crippen molar-refractivity contribution in [2.75, 3.05) is 0 Å². The maximum atomic E-state index is 9.06. The molecule has 86 valence electrons. The molecular formula is C15H16N2. The van der Waals surface area contributed by atoms with Gasteiger partial charge in [-0.3, -0.25) is 4.99 Å². The number of nitrogens with zero attached hydrogens (tertiary/aromatic N) is 2. The molecule has 0 aliphatic heterocycles. The smallest absolute Gasteiger partial charge is 0.0994 e. The number of hydrogen-bond acceptors (Lipinski definition) is 2. The summed E-state index contributed by atoms with van der Waals surface area (Å²) in [7, 11) is 0. The Labute approximate surface area is 103 Å². The van der Waals surface area contributed by atoms with Gasteiger partial charge in [0.15, 0.2) is 0 Å². The van der Waals surface area contributed by atoms with Crippen molar-refractivity contribution in [3.63, 3.8) is 0 Å². The van der Waals surface area contributed by atoms with Crippen LogP contribution in [0.3, 0.4) is 0 Å². The van der Waals surface area contributed by atoms with E-state index in [1.807, 2.05) is 31.2 Å². The summed E-state index contributed by atoms with van der Waals surface area (Å²) in [5.74, 6) is 0. The average Bonchev–Trinajstić information content (AvgIpc) is 2.38. The lowest BCUT2D eigenvalue weighted by Crippen LogP contribution is -1.90. The van der Waals surface area contributed by atoms with E-state index in [-0.39, 0.29) is 0 Å². The monoisotopic (exact) mass is 224 g/mol. The second kappa shape index (κ2) is 6.44. The molecular weight excluding hydrogens is 208 g/mol. The van der Waals surface area contributed by atoms with Gasteiger partial charge in [0.25, 0.3) is 0 Å². The number of nitriles is 1. The first-order valence-electron chi connectivity index (χ1n) is 5.57. The minimum absolute atomic E-state index is 0.749. The molecule has 0 bridgehead atoms. The summed E-state index contributed by atoms with van der Waals surface area (Å²) in [6, 6.07) is 8.20. The minimum atomic E-state index is 0.749. The third kappa shape index (κ3) is 3.42. The first-order chi connectivity index (χ1) is 8.22. The molecule has 1 aromatic carbocycles. The standard InChI is InChI=1S/C15H16N2/c1-4-13-6-7-14(10-15(13)11-16)12(3)8-9-17-5-2/h5-10H,2,4H2,1,3H3/b12-8+,17-9-. The molecule has 0 atom stereocenters. The van der Waals surface area contributed by atoms with E-state index in [0.717, 1.165) is 28.7 Å². The highest BCUT2D eigenvalue weighted by Crippen LogP contribution is 2.18. The van der Waals surface area contributed by atoms with Crippen molar-refractivity contribution in [3.8, 4) is 6.07 Å². The number of hydrogen-bond donors (Lipinski definition) is 0. The van der Waals surface area contributed by atoms with Crippen LogP contribution in [0.4, 0.5) is 0 Å². The molecule has 0 aliphatic carbocycles. The normalized spacial score (nSPS) is 11.5. The number of allylic oxidation sites excluding steroid dienone is 2. The Balaban J connectivity index is 3.08. The summed E-state index contributed by atoms with van der Waals surface area (Å²) in [4.78, 5) is 3.91. The van der Waals surface area contributed by atoms with E-state index in [4.69, 9.17) is 5.26 Å². The molecule has 1 aromatic rings. The van der Waals surface area contributed by atoms with Crippen molar-refractivity contribution in [2.24, 2.45) is 4.99 Å². The van der Waals surface area contributed by atoms with Crippen molar-refractivity contribution in [3.05, 3.63) is 53.7 Å². The van der Waals surface area contributed by atoms with Gasteiger partial charge in [0, 0.05) is 12.4 Å². The van der Waals surface area contributed by atoms with Gasteiger partial charge < -0.3 is 0 Å². The summed E-state index contributed by atoms with van der Waals surface area (Å²) >= 11 is 0. The average molecular weight is 224 g/mol. The molecule has 0 N–H and O–H groups in total. The number of aryl methyl sites for hydroxylation is 1. The van der Waals surface area contributed by atoms with Gasteiger partial charge in [-0.2, -0.15) is 5.26 Å². The molecule has 0 radical (unpaired) electrons. The number of rotatable bonds is 4. The van der Waals surface area contributed by atoms with E-state index in [9.17, 15) is 0 Å². The summed E-state index contributed by atoms with van der Waals surface area (Å²) in [5.41, 5.74) is 3.96.